The van der Waals surface area contributed by atoms with E-state index in [0.29, 0.717) is 12.1 Å². The van der Waals surface area contributed by atoms with E-state index in [-0.39, 0.29) is 0 Å². The normalized spacial score (nSPS) is 27.4. The molecule has 1 rings (SSSR count). The Hall–Kier alpha value is -0.120. The van der Waals surface area contributed by atoms with Crippen molar-refractivity contribution >= 4 is 0 Å². The van der Waals surface area contributed by atoms with Crippen molar-refractivity contribution in [2.45, 2.75) is 63.6 Å². The van der Waals surface area contributed by atoms with Crippen LogP contribution in [0.4, 0.5) is 0 Å². The molecule has 0 heterocycles. The van der Waals surface area contributed by atoms with Crippen LogP contribution in [0.2, 0.25) is 0 Å². The molecule has 1 saturated carbocycles. The van der Waals surface area contributed by atoms with Gasteiger partial charge in [-0.3, -0.25) is 0 Å². The van der Waals surface area contributed by atoms with Crippen molar-refractivity contribution in [2.24, 2.45) is 0 Å². The van der Waals surface area contributed by atoms with Gasteiger partial charge in [-0.1, -0.05) is 12.8 Å². The summed E-state index contributed by atoms with van der Waals surface area (Å²) in [6.07, 6.45) is 6.11. The first kappa shape index (κ1) is 13.9. The number of nitrogens with zero attached hydrogens (tertiary/aromatic N) is 1. The summed E-state index contributed by atoms with van der Waals surface area (Å²) in [6.45, 7) is 4.75. The fourth-order valence-corrected chi connectivity index (χ4v) is 2.59. The smallest absolute Gasteiger partial charge is 0.0603 e. The average Bonchev–Trinajstić information content (AvgIpc) is 2.25. The second-order valence-electron chi connectivity index (χ2n) is 5.79. The number of hydrogen-bond donors (Lipinski definition) is 2. The van der Waals surface area contributed by atoms with E-state index in [1.54, 1.807) is 0 Å². The van der Waals surface area contributed by atoms with Gasteiger partial charge in [0.25, 0.3) is 0 Å². The average molecular weight is 228 g/mol. The van der Waals surface area contributed by atoms with Crippen molar-refractivity contribution in [1.82, 2.24) is 10.2 Å². The second-order valence-corrected chi connectivity index (χ2v) is 5.79. The van der Waals surface area contributed by atoms with Crippen LogP contribution in [0.3, 0.4) is 0 Å². The molecule has 1 aliphatic rings. The molecule has 3 nitrogen and oxygen atoms in total. The van der Waals surface area contributed by atoms with Crippen molar-refractivity contribution in [3.05, 3.63) is 0 Å². The molecule has 0 unspecified atom stereocenters. The second kappa shape index (κ2) is 5.99. The van der Waals surface area contributed by atoms with E-state index in [1.807, 2.05) is 13.8 Å². The molecule has 0 aromatic heterocycles. The molecular formula is C13H28N2O. The molecule has 0 aromatic carbocycles. The van der Waals surface area contributed by atoms with Crippen LogP contribution in [-0.4, -0.2) is 48.3 Å². The van der Waals surface area contributed by atoms with Crippen molar-refractivity contribution in [2.75, 3.05) is 20.6 Å². The third-order valence-corrected chi connectivity index (χ3v) is 3.74. The first-order valence-electron chi connectivity index (χ1n) is 6.54. The van der Waals surface area contributed by atoms with Crippen LogP contribution < -0.4 is 5.32 Å². The summed E-state index contributed by atoms with van der Waals surface area (Å²) < 4.78 is 0. The van der Waals surface area contributed by atoms with Crippen LogP contribution in [0, 0.1) is 0 Å². The van der Waals surface area contributed by atoms with Crippen molar-refractivity contribution < 1.29 is 5.11 Å². The molecule has 0 aliphatic heterocycles. The van der Waals surface area contributed by atoms with Crippen LogP contribution in [0.1, 0.15) is 46.0 Å². The lowest BCUT2D eigenvalue weighted by Crippen LogP contribution is -2.50. The molecule has 16 heavy (non-hydrogen) atoms. The molecule has 3 heteroatoms. The monoisotopic (exact) mass is 228 g/mol. The Labute approximate surface area is 100 Å². The Morgan fingerprint density at radius 3 is 2.50 bits per heavy atom. The fraction of sp³-hybridized carbons (Fsp3) is 1.00. The lowest BCUT2D eigenvalue weighted by molar-refractivity contribution is 0.0489. The third-order valence-electron chi connectivity index (χ3n) is 3.74. The van der Waals surface area contributed by atoms with Crippen LogP contribution >= 0.6 is 0 Å². The molecule has 96 valence electrons. The molecule has 0 aromatic rings. The highest BCUT2D eigenvalue weighted by atomic mass is 16.3. The summed E-state index contributed by atoms with van der Waals surface area (Å²) in [7, 11) is 4.25. The van der Waals surface area contributed by atoms with Gasteiger partial charge in [-0.25, -0.2) is 0 Å². The van der Waals surface area contributed by atoms with Gasteiger partial charge in [-0.15, -0.1) is 0 Å². The first-order chi connectivity index (χ1) is 7.44. The van der Waals surface area contributed by atoms with E-state index < -0.39 is 5.60 Å². The van der Waals surface area contributed by atoms with Gasteiger partial charge in [0.2, 0.25) is 0 Å². The van der Waals surface area contributed by atoms with Crippen molar-refractivity contribution in [3.8, 4) is 0 Å². The largest absolute Gasteiger partial charge is 0.390 e. The minimum absolute atomic E-state index is 0.544. The van der Waals surface area contributed by atoms with Gasteiger partial charge >= 0.3 is 0 Å². The summed E-state index contributed by atoms with van der Waals surface area (Å²) in [4.78, 5) is 2.41. The molecule has 0 saturated heterocycles. The molecule has 0 radical (unpaired) electrons. The van der Waals surface area contributed by atoms with Crippen LogP contribution in [0.5, 0.6) is 0 Å². The molecule has 0 bridgehead atoms. The van der Waals surface area contributed by atoms with Crippen LogP contribution in [0.15, 0.2) is 0 Å². The molecular weight excluding hydrogens is 200 g/mol. The first-order valence-corrected chi connectivity index (χ1v) is 6.54. The molecule has 0 spiro atoms. The molecule has 1 aliphatic carbocycles. The maximum atomic E-state index is 9.75. The van der Waals surface area contributed by atoms with E-state index in [2.05, 4.69) is 24.3 Å². The van der Waals surface area contributed by atoms with Crippen molar-refractivity contribution in [3.63, 3.8) is 0 Å². The van der Waals surface area contributed by atoms with Crippen LogP contribution in [-0.2, 0) is 0 Å². The number of likely N-dealkylation sites (N-methyl/N-ethyl adjacent to an activating group) is 2. The van der Waals surface area contributed by atoms with Gasteiger partial charge in [0.1, 0.15) is 0 Å². The molecule has 0 amide bonds. The molecule has 2 atom stereocenters. The summed E-state index contributed by atoms with van der Waals surface area (Å²) in [5.74, 6) is 0. The van der Waals surface area contributed by atoms with Crippen LogP contribution in [0.25, 0.3) is 0 Å². The van der Waals surface area contributed by atoms with Gasteiger partial charge in [-0.2, -0.15) is 0 Å². The summed E-state index contributed by atoms with van der Waals surface area (Å²) in [5.41, 5.74) is -0.544. The molecule has 1 fully saturated rings. The van der Waals surface area contributed by atoms with Gasteiger partial charge in [0.15, 0.2) is 0 Å². The topological polar surface area (TPSA) is 35.5 Å². The number of hydrogen-bond acceptors (Lipinski definition) is 3. The summed E-state index contributed by atoms with van der Waals surface area (Å²) in [6, 6.07) is 1.27. The zero-order valence-corrected chi connectivity index (χ0v) is 11.3. The third kappa shape index (κ3) is 4.40. The predicted octanol–water partition coefficient (Wildman–Crippen LogP) is 1.61. The Morgan fingerprint density at radius 2 is 1.94 bits per heavy atom. The Kier molecular flexibility index (Phi) is 5.22. The highest BCUT2D eigenvalue weighted by molar-refractivity contribution is 4.86. The van der Waals surface area contributed by atoms with E-state index >= 15 is 0 Å². The molecule has 2 N–H and O–H groups in total. The fourth-order valence-electron chi connectivity index (χ4n) is 2.59. The van der Waals surface area contributed by atoms with E-state index in [0.717, 1.165) is 13.0 Å². The Bertz CT molecular complexity index is 201. The maximum absolute atomic E-state index is 9.75. The lowest BCUT2D eigenvalue weighted by Gasteiger charge is -2.38. The summed E-state index contributed by atoms with van der Waals surface area (Å²) >= 11 is 0. The van der Waals surface area contributed by atoms with E-state index in [1.165, 1.54) is 25.7 Å². The van der Waals surface area contributed by atoms with Gasteiger partial charge < -0.3 is 15.3 Å². The van der Waals surface area contributed by atoms with Gasteiger partial charge in [0, 0.05) is 18.6 Å². The van der Waals surface area contributed by atoms with E-state index in [9.17, 15) is 5.11 Å². The van der Waals surface area contributed by atoms with Gasteiger partial charge in [-0.05, 0) is 47.2 Å². The van der Waals surface area contributed by atoms with Gasteiger partial charge in [0.05, 0.1) is 5.60 Å². The minimum atomic E-state index is -0.544. The SMILES string of the molecule is CN[C@H]1CCCC[C@@H]1N(C)CCC(C)(C)O. The highest BCUT2D eigenvalue weighted by Crippen LogP contribution is 2.23. The number of aliphatic hydroxyl groups is 1. The Morgan fingerprint density at radius 1 is 1.31 bits per heavy atom. The maximum Gasteiger partial charge on any atom is 0.0603 e. The summed E-state index contributed by atoms with van der Waals surface area (Å²) in [5, 5.41) is 13.2. The van der Waals surface area contributed by atoms with E-state index in [4.69, 9.17) is 0 Å². The predicted molar refractivity (Wildman–Crippen MR) is 68.6 cm³/mol. The highest BCUT2D eigenvalue weighted by Gasteiger charge is 2.27. The quantitative estimate of drug-likeness (QED) is 0.750. The standard InChI is InChI=1S/C13H28N2O/c1-13(2,16)9-10-15(4)12-8-6-5-7-11(12)14-3/h11-12,14,16H,5-10H2,1-4H3/t11-,12-/m0/s1. The Balaban J connectivity index is 2.41. The zero-order chi connectivity index (χ0) is 12.2. The number of nitrogens with one attached hydrogen (secondary N) is 1. The lowest BCUT2D eigenvalue weighted by atomic mass is 9.89. The minimum Gasteiger partial charge on any atom is -0.390 e. The van der Waals surface area contributed by atoms with Crippen molar-refractivity contribution in [1.29, 1.82) is 0 Å². The zero-order valence-electron chi connectivity index (χ0n) is 11.3. The number of rotatable bonds is 5.